The Morgan fingerprint density at radius 3 is 2.12 bits per heavy atom. The number of aliphatic hydroxyl groups is 1. The van der Waals surface area contributed by atoms with Crippen LogP contribution >= 0.6 is 0 Å². The number of fused-ring (bicyclic) bond motifs is 1. The number of nitrogens with zero attached hydrogens (tertiary/aromatic N) is 1. The molecule has 3 rings (SSSR count). The van der Waals surface area contributed by atoms with Crippen molar-refractivity contribution >= 4 is 11.8 Å². The van der Waals surface area contributed by atoms with E-state index in [4.69, 9.17) is 0 Å². The Bertz CT molecular complexity index is 462. The standard InChI is InChI=1S/C13H13NO3/c15-9-6-5-8(7-9)14-12(16)10-3-1-2-4-11(10)13(14)17/h1-4,8-9,15H,5-7H2/t8-,9-/m1/s1. The smallest absolute Gasteiger partial charge is 0.261 e. The van der Waals surface area contributed by atoms with E-state index in [0.29, 0.717) is 30.4 Å². The fourth-order valence-electron chi connectivity index (χ4n) is 2.71. The first-order valence-electron chi connectivity index (χ1n) is 5.83. The Morgan fingerprint density at radius 1 is 1.06 bits per heavy atom. The van der Waals surface area contributed by atoms with E-state index in [1.807, 2.05) is 0 Å². The highest BCUT2D eigenvalue weighted by Crippen LogP contribution is 2.31. The topological polar surface area (TPSA) is 57.6 Å². The van der Waals surface area contributed by atoms with Crippen LogP contribution in [-0.4, -0.2) is 34.0 Å². The van der Waals surface area contributed by atoms with Crippen molar-refractivity contribution in [2.45, 2.75) is 31.4 Å². The summed E-state index contributed by atoms with van der Waals surface area (Å²) in [4.78, 5) is 25.6. The second-order valence-corrected chi connectivity index (χ2v) is 4.65. The molecule has 0 saturated heterocycles. The highest BCUT2D eigenvalue weighted by molar-refractivity contribution is 6.21. The molecular weight excluding hydrogens is 218 g/mol. The maximum absolute atomic E-state index is 12.1. The molecule has 1 aromatic carbocycles. The fraction of sp³-hybridized carbons (Fsp3) is 0.385. The zero-order valence-electron chi connectivity index (χ0n) is 9.30. The highest BCUT2D eigenvalue weighted by Gasteiger charge is 2.41. The van der Waals surface area contributed by atoms with Crippen LogP contribution in [0.3, 0.4) is 0 Å². The van der Waals surface area contributed by atoms with Crippen molar-refractivity contribution in [1.82, 2.24) is 4.90 Å². The molecule has 1 saturated carbocycles. The monoisotopic (exact) mass is 231 g/mol. The van der Waals surface area contributed by atoms with E-state index in [1.54, 1.807) is 24.3 Å². The van der Waals surface area contributed by atoms with Gasteiger partial charge >= 0.3 is 0 Å². The van der Waals surface area contributed by atoms with Gasteiger partial charge in [0.25, 0.3) is 11.8 Å². The van der Waals surface area contributed by atoms with E-state index in [-0.39, 0.29) is 24.0 Å². The van der Waals surface area contributed by atoms with Crippen LogP contribution in [0.25, 0.3) is 0 Å². The summed E-state index contributed by atoms with van der Waals surface area (Å²) in [5.41, 5.74) is 0.970. The molecule has 0 radical (unpaired) electrons. The zero-order chi connectivity index (χ0) is 12.0. The van der Waals surface area contributed by atoms with Gasteiger partial charge in [0.2, 0.25) is 0 Å². The Balaban J connectivity index is 1.95. The molecule has 1 fully saturated rings. The molecule has 0 bridgehead atoms. The van der Waals surface area contributed by atoms with Crippen molar-refractivity contribution in [2.75, 3.05) is 0 Å². The maximum Gasteiger partial charge on any atom is 0.261 e. The molecule has 17 heavy (non-hydrogen) atoms. The summed E-state index contributed by atoms with van der Waals surface area (Å²) in [5.74, 6) is -0.436. The lowest BCUT2D eigenvalue weighted by atomic mass is 10.1. The molecule has 1 heterocycles. The molecular formula is C13H13NO3. The molecule has 2 atom stereocenters. The molecule has 2 aliphatic rings. The lowest BCUT2D eigenvalue weighted by Gasteiger charge is -2.21. The third-order valence-corrected chi connectivity index (χ3v) is 3.57. The molecule has 1 aliphatic heterocycles. The summed E-state index contributed by atoms with van der Waals surface area (Å²) in [5, 5.41) is 9.50. The van der Waals surface area contributed by atoms with Crippen LogP contribution in [0.2, 0.25) is 0 Å². The fourth-order valence-corrected chi connectivity index (χ4v) is 2.71. The molecule has 4 nitrogen and oxygen atoms in total. The molecule has 1 N–H and O–H groups in total. The largest absolute Gasteiger partial charge is 0.393 e. The van der Waals surface area contributed by atoms with Crippen molar-refractivity contribution in [3.8, 4) is 0 Å². The second kappa shape index (κ2) is 3.67. The molecule has 0 unspecified atom stereocenters. The third-order valence-electron chi connectivity index (χ3n) is 3.57. The van der Waals surface area contributed by atoms with Crippen LogP contribution < -0.4 is 0 Å². The zero-order valence-corrected chi connectivity index (χ0v) is 9.30. The second-order valence-electron chi connectivity index (χ2n) is 4.65. The molecule has 2 amide bonds. The summed E-state index contributed by atoms with van der Waals surface area (Å²) >= 11 is 0. The first-order valence-corrected chi connectivity index (χ1v) is 5.83. The van der Waals surface area contributed by atoms with Gasteiger partial charge in [0.15, 0.2) is 0 Å². The number of aliphatic hydroxyl groups excluding tert-OH is 1. The number of amides is 2. The van der Waals surface area contributed by atoms with Gasteiger partial charge in [-0.1, -0.05) is 12.1 Å². The third kappa shape index (κ3) is 1.48. The van der Waals surface area contributed by atoms with E-state index in [9.17, 15) is 14.7 Å². The van der Waals surface area contributed by atoms with E-state index in [0.717, 1.165) is 0 Å². The SMILES string of the molecule is O=C1c2ccccc2C(=O)N1[C@@H]1CC[C@@H](O)C1. The van der Waals surface area contributed by atoms with Gasteiger partial charge < -0.3 is 5.11 Å². The van der Waals surface area contributed by atoms with Gasteiger partial charge in [-0.3, -0.25) is 14.5 Å². The van der Waals surface area contributed by atoms with Gasteiger partial charge in [-0.2, -0.15) is 0 Å². The van der Waals surface area contributed by atoms with Gasteiger partial charge in [-0.15, -0.1) is 0 Å². The van der Waals surface area contributed by atoms with Crippen LogP contribution in [0.15, 0.2) is 24.3 Å². The van der Waals surface area contributed by atoms with Gasteiger partial charge in [0, 0.05) is 6.04 Å². The summed E-state index contributed by atoms with van der Waals surface area (Å²) in [7, 11) is 0. The van der Waals surface area contributed by atoms with E-state index >= 15 is 0 Å². The van der Waals surface area contributed by atoms with Crippen molar-refractivity contribution < 1.29 is 14.7 Å². The molecule has 1 aliphatic carbocycles. The van der Waals surface area contributed by atoms with Gasteiger partial charge in [0.1, 0.15) is 0 Å². The first-order chi connectivity index (χ1) is 8.18. The average Bonchev–Trinajstić information content (AvgIpc) is 2.84. The first kappa shape index (κ1) is 10.5. The Kier molecular flexibility index (Phi) is 2.26. The predicted octanol–water partition coefficient (Wildman–Crippen LogP) is 1.20. The van der Waals surface area contributed by atoms with Gasteiger partial charge in [0.05, 0.1) is 17.2 Å². The number of rotatable bonds is 1. The number of hydrogen-bond donors (Lipinski definition) is 1. The number of benzene rings is 1. The Morgan fingerprint density at radius 2 is 1.65 bits per heavy atom. The minimum Gasteiger partial charge on any atom is -0.393 e. The summed E-state index contributed by atoms with van der Waals surface area (Å²) in [6.45, 7) is 0. The highest BCUT2D eigenvalue weighted by atomic mass is 16.3. The normalized spacial score (nSPS) is 27.7. The van der Waals surface area contributed by atoms with E-state index < -0.39 is 0 Å². The van der Waals surface area contributed by atoms with Crippen molar-refractivity contribution in [3.05, 3.63) is 35.4 Å². The Labute approximate surface area is 98.9 Å². The van der Waals surface area contributed by atoms with E-state index in [1.165, 1.54) is 4.90 Å². The van der Waals surface area contributed by atoms with Crippen LogP contribution in [-0.2, 0) is 0 Å². The number of carbonyl (C=O) groups is 2. The van der Waals surface area contributed by atoms with Crippen LogP contribution in [0, 0.1) is 0 Å². The molecule has 0 spiro atoms. The average molecular weight is 231 g/mol. The lowest BCUT2D eigenvalue weighted by Crippen LogP contribution is -2.38. The summed E-state index contributed by atoms with van der Waals surface area (Å²) in [6, 6.07) is 6.74. The van der Waals surface area contributed by atoms with Crippen LogP contribution in [0.4, 0.5) is 0 Å². The predicted molar refractivity (Wildman–Crippen MR) is 60.6 cm³/mol. The maximum atomic E-state index is 12.1. The Hall–Kier alpha value is -1.68. The van der Waals surface area contributed by atoms with Crippen molar-refractivity contribution in [1.29, 1.82) is 0 Å². The number of carbonyl (C=O) groups excluding carboxylic acids is 2. The quantitative estimate of drug-likeness (QED) is 0.739. The summed E-state index contributed by atoms with van der Waals surface area (Å²) in [6.07, 6.45) is 1.49. The van der Waals surface area contributed by atoms with E-state index in [2.05, 4.69) is 0 Å². The summed E-state index contributed by atoms with van der Waals surface area (Å²) < 4.78 is 0. The molecule has 0 aromatic heterocycles. The van der Waals surface area contributed by atoms with Crippen molar-refractivity contribution in [3.63, 3.8) is 0 Å². The lowest BCUT2D eigenvalue weighted by molar-refractivity contribution is 0.0575. The molecule has 1 aromatic rings. The molecule has 4 heteroatoms. The molecule has 88 valence electrons. The number of hydrogen-bond acceptors (Lipinski definition) is 3. The van der Waals surface area contributed by atoms with Crippen LogP contribution in [0.1, 0.15) is 40.0 Å². The van der Waals surface area contributed by atoms with Crippen LogP contribution in [0.5, 0.6) is 0 Å². The van der Waals surface area contributed by atoms with Crippen molar-refractivity contribution in [2.24, 2.45) is 0 Å². The van der Waals surface area contributed by atoms with Gasteiger partial charge in [-0.25, -0.2) is 0 Å². The minimum absolute atomic E-state index is 0.141. The van der Waals surface area contributed by atoms with Gasteiger partial charge in [-0.05, 0) is 31.4 Å². The number of imide groups is 1. The minimum atomic E-state index is -0.385.